The Hall–Kier alpha value is -2.82. The van der Waals surface area contributed by atoms with Crippen molar-refractivity contribution in [2.45, 2.75) is 24.9 Å². The molecule has 2 aliphatic heterocycles. The molecular formula is C20H26N6O4. The van der Waals surface area contributed by atoms with E-state index in [0.29, 0.717) is 0 Å². The summed E-state index contributed by atoms with van der Waals surface area (Å²) >= 11 is 0. The second-order valence-corrected chi connectivity index (χ2v) is 7.28. The average molecular weight is 414 g/mol. The van der Waals surface area contributed by atoms with E-state index in [1.165, 1.54) is 0 Å². The number of methoxy groups -OCH3 is 2. The molecule has 2 aromatic heterocycles. The topological polar surface area (TPSA) is 104 Å². The summed E-state index contributed by atoms with van der Waals surface area (Å²) in [5.74, 6) is 0.573. The molecule has 160 valence electrons. The van der Waals surface area contributed by atoms with Crippen molar-refractivity contribution in [3.05, 3.63) is 43.3 Å². The maximum absolute atomic E-state index is 12.7. The quantitative estimate of drug-likeness (QED) is 0.667. The normalized spacial score (nSPS) is 24.3. The van der Waals surface area contributed by atoms with Crippen LogP contribution in [0.4, 0.5) is 5.82 Å². The van der Waals surface area contributed by atoms with Crippen LogP contribution in [-0.2, 0) is 19.0 Å². The number of nitrogens with zero attached hydrogens (tertiary/aromatic N) is 5. The number of ether oxygens (including phenoxy) is 3. The number of amides is 1. The molecule has 10 heteroatoms. The number of hydrogen-bond donors (Lipinski definition) is 1. The first-order valence-corrected chi connectivity index (χ1v) is 9.90. The Balaban J connectivity index is 1.30. The molecule has 0 spiro atoms. The molecule has 4 rings (SSSR count). The number of hydrogen-bond acceptors (Lipinski definition) is 8. The number of imidazole rings is 1. The van der Waals surface area contributed by atoms with Crippen LogP contribution in [0.25, 0.3) is 5.82 Å². The summed E-state index contributed by atoms with van der Waals surface area (Å²) in [6.45, 7) is 1.73. The zero-order valence-electron chi connectivity index (χ0n) is 17.1. The number of nitrogens with one attached hydrogen (secondary N) is 1. The van der Waals surface area contributed by atoms with Gasteiger partial charge in [-0.25, -0.2) is 15.0 Å². The maximum Gasteiger partial charge on any atom is 0.223 e. The lowest BCUT2D eigenvalue weighted by Crippen LogP contribution is -2.48. The Labute approximate surface area is 174 Å². The molecule has 10 nitrogen and oxygen atoms in total. The van der Waals surface area contributed by atoms with Crippen molar-refractivity contribution in [1.82, 2.24) is 24.8 Å². The van der Waals surface area contributed by atoms with Crippen LogP contribution in [-0.4, -0.2) is 71.4 Å². The monoisotopic (exact) mass is 414 g/mol. The third-order valence-corrected chi connectivity index (χ3v) is 5.51. The molecule has 2 aliphatic rings. The highest BCUT2D eigenvalue weighted by molar-refractivity contribution is 5.79. The average Bonchev–Trinajstić information content (AvgIpc) is 3.48. The highest BCUT2D eigenvalue weighted by Gasteiger charge is 2.37. The van der Waals surface area contributed by atoms with Crippen LogP contribution in [0.3, 0.4) is 0 Å². The van der Waals surface area contributed by atoms with E-state index < -0.39 is 12.1 Å². The van der Waals surface area contributed by atoms with Crippen molar-refractivity contribution in [2.75, 3.05) is 38.8 Å². The van der Waals surface area contributed by atoms with Gasteiger partial charge in [-0.05, 0) is 25.0 Å². The van der Waals surface area contributed by atoms with Crippen LogP contribution in [0.5, 0.6) is 0 Å². The Morgan fingerprint density at radius 1 is 1.30 bits per heavy atom. The van der Waals surface area contributed by atoms with Crippen molar-refractivity contribution in [1.29, 1.82) is 0 Å². The van der Waals surface area contributed by atoms with E-state index in [9.17, 15) is 4.79 Å². The van der Waals surface area contributed by atoms with Gasteiger partial charge < -0.3 is 24.4 Å². The van der Waals surface area contributed by atoms with Gasteiger partial charge in [0.15, 0.2) is 6.29 Å². The minimum absolute atomic E-state index is 0.00531. The van der Waals surface area contributed by atoms with E-state index in [-0.39, 0.29) is 18.4 Å². The van der Waals surface area contributed by atoms with E-state index in [4.69, 9.17) is 14.2 Å². The summed E-state index contributed by atoms with van der Waals surface area (Å²) in [7, 11) is 3.11. The van der Waals surface area contributed by atoms with E-state index in [0.717, 1.165) is 37.6 Å². The van der Waals surface area contributed by atoms with Gasteiger partial charge in [-0.1, -0.05) is 0 Å². The molecule has 2 aromatic rings. The molecule has 2 unspecified atom stereocenters. The van der Waals surface area contributed by atoms with Crippen LogP contribution in [0, 0.1) is 5.92 Å². The van der Waals surface area contributed by atoms with Crippen molar-refractivity contribution >= 4 is 11.7 Å². The standard InChI is InChI=1S/C20H26N6O4/c1-28-18-3-6-20(29-2,30-18)12-22-19(27)15-4-8-25(9-5-15)16-11-17(24-13-23-16)26-10-7-21-14-26/h3,6-7,10-11,13-15,18H,4-5,8-9,12H2,1-2H3,(H,22,27). The van der Waals surface area contributed by atoms with Crippen LogP contribution < -0.4 is 10.2 Å². The van der Waals surface area contributed by atoms with E-state index in [1.54, 1.807) is 45.2 Å². The van der Waals surface area contributed by atoms with E-state index >= 15 is 0 Å². The predicted molar refractivity (Wildman–Crippen MR) is 108 cm³/mol. The first-order valence-electron chi connectivity index (χ1n) is 9.90. The number of piperidine rings is 1. The summed E-state index contributed by atoms with van der Waals surface area (Å²) < 4.78 is 18.1. The summed E-state index contributed by atoms with van der Waals surface area (Å²) in [6, 6.07) is 1.93. The number of rotatable bonds is 7. The molecule has 1 N–H and O–H groups in total. The lowest BCUT2D eigenvalue weighted by Gasteiger charge is -2.33. The summed E-state index contributed by atoms with van der Waals surface area (Å²) in [6.07, 6.45) is 11.4. The fraction of sp³-hybridized carbons (Fsp3) is 0.500. The third kappa shape index (κ3) is 4.35. The second kappa shape index (κ2) is 8.90. The molecule has 1 amide bonds. The molecule has 0 bridgehead atoms. The summed E-state index contributed by atoms with van der Waals surface area (Å²) in [5, 5.41) is 2.96. The minimum atomic E-state index is -0.984. The van der Waals surface area contributed by atoms with Gasteiger partial charge in [0.05, 0.1) is 6.54 Å². The zero-order chi connectivity index (χ0) is 21.0. The van der Waals surface area contributed by atoms with Gasteiger partial charge in [0.1, 0.15) is 24.3 Å². The third-order valence-electron chi connectivity index (χ3n) is 5.51. The summed E-state index contributed by atoms with van der Waals surface area (Å²) in [4.78, 5) is 27.6. The Kier molecular flexibility index (Phi) is 6.07. The molecule has 30 heavy (non-hydrogen) atoms. The van der Waals surface area contributed by atoms with Gasteiger partial charge in [-0.3, -0.25) is 9.36 Å². The van der Waals surface area contributed by atoms with Crippen LogP contribution >= 0.6 is 0 Å². The summed E-state index contributed by atoms with van der Waals surface area (Å²) in [5.41, 5.74) is 0. The molecule has 4 heterocycles. The van der Waals surface area contributed by atoms with Crippen LogP contribution in [0.1, 0.15) is 12.8 Å². The Morgan fingerprint density at radius 3 is 2.77 bits per heavy atom. The van der Waals surface area contributed by atoms with Crippen LogP contribution in [0.15, 0.2) is 43.3 Å². The molecule has 2 atom stereocenters. The molecule has 1 fully saturated rings. The SMILES string of the molecule is COC1C=CC(CNC(=O)C2CCN(c3cc(-n4ccnc4)ncn3)CC2)(OC)O1. The smallest absolute Gasteiger partial charge is 0.223 e. The lowest BCUT2D eigenvalue weighted by molar-refractivity contribution is -0.239. The second-order valence-electron chi connectivity index (χ2n) is 7.28. The Morgan fingerprint density at radius 2 is 2.10 bits per heavy atom. The first-order chi connectivity index (χ1) is 14.6. The predicted octanol–water partition coefficient (Wildman–Crippen LogP) is 0.896. The van der Waals surface area contributed by atoms with E-state index in [2.05, 4.69) is 25.2 Å². The minimum Gasteiger partial charge on any atom is -0.356 e. The van der Waals surface area contributed by atoms with Crippen molar-refractivity contribution in [3.63, 3.8) is 0 Å². The van der Waals surface area contributed by atoms with Crippen molar-refractivity contribution in [3.8, 4) is 5.82 Å². The van der Waals surface area contributed by atoms with Gasteiger partial charge in [-0.15, -0.1) is 0 Å². The Bertz CT molecular complexity index is 881. The molecule has 0 radical (unpaired) electrons. The number of anilines is 1. The van der Waals surface area contributed by atoms with Gasteiger partial charge in [-0.2, -0.15) is 0 Å². The van der Waals surface area contributed by atoms with Crippen molar-refractivity contribution < 1.29 is 19.0 Å². The molecule has 0 saturated carbocycles. The molecule has 0 aliphatic carbocycles. The van der Waals surface area contributed by atoms with Gasteiger partial charge in [0.25, 0.3) is 0 Å². The van der Waals surface area contributed by atoms with Gasteiger partial charge in [0, 0.05) is 51.7 Å². The molecular weight excluding hydrogens is 388 g/mol. The van der Waals surface area contributed by atoms with Gasteiger partial charge in [0.2, 0.25) is 11.7 Å². The highest BCUT2D eigenvalue weighted by Crippen LogP contribution is 2.26. The maximum atomic E-state index is 12.7. The first kappa shape index (κ1) is 20.5. The number of aromatic nitrogens is 4. The zero-order valence-corrected chi connectivity index (χ0v) is 17.1. The number of carbonyl (C=O) groups excluding carboxylic acids is 1. The fourth-order valence-corrected chi connectivity index (χ4v) is 3.69. The lowest BCUT2D eigenvalue weighted by atomic mass is 9.96. The largest absolute Gasteiger partial charge is 0.356 e. The molecule has 0 aromatic carbocycles. The number of carbonyl (C=O) groups is 1. The molecule has 1 saturated heterocycles. The highest BCUT2D eigenvalue weighted by atomic mass is 16.8. The van der Waals surface area contributed by atoms with Crippen molar-refractivity contribution in [2.24, 2.45) is 5.92 Å². The fourth-order valence-electron chi connectivity index (χ4n) is 3.69. The van der Waals surface area contributed by atoms with E-state index in [1.807, 2.05) is 16.8 Å². The van der Waals surface area contributed by atoms with Crippen LogP contribution in [0.2, 0.25) is 0 Å². The van der Waals surface area contributed by atoms with Gasteiger partial charge >= 0.3 is 0 Å².